The standard InChI is InChI=1S/C12H20N2O4/c1-13(8-10(16)14-5-2-3-6-14)12(17)11-9(15)4-7-18-11/h9,11,15H,2-8H2,1H3. The predicted molar refractivity (Wildman–Crippen MR) is 63.8 cm³/mol. The Labute approximate surface area is 106 Å². The molecule has 0 saturated carbocycles. The molecule has 0 aliphatic carbocycles. The van der Waals surface area contributed by atoms with Crippen molar-refractivity contribution < 1.29 is 19.4 Å². The number of aliphatic hydroxyl groups excluding tert-OH is 1. The lowest BCUT2D eigenvalue weighted by molar-refractivity contribution is -0.147. The minimum absolute atomic E-state index is 0.0316. The molecule has 102 valence electrons. The number of carbonyl (C=O) groups excluding carboxylic acids is 2. The van der Waals surface area contributed by atoms with E-state index in [2.05, 4.69) is 0 Å². The van der Waals surface area contributed by atoms with Gasteiger partial charge < -0.3 is 19.6 Å². The van der Waals surface area contributed by atoms with Gasteiger partial charge in [0.1, 0.15) is 0 Å². The van der Waals surface area contributed by atoms with Gasteiger partial charge in [-0.25, -0.2) is 0 Å². The molecule has 0 radical (unpaired) electrons. The SMILES string of the molecule is CN(CC(=O)N1CCCC1)C(=O)C1OCCC1O. The number of hydrogen-bond donors (Lipinski definition) is 1. The fourth-order valence-corrected chi connectivity index (χ4v) is 2.38. The Hall–Kier alpha value is -1.14. The zero-order valence-electron chi connectivity index (χ0n) is 10.7. The first kappa shape index (κ1) is 13.3. The van der Waals surface area contributed by atoms with Gasteiger partial charge in [0.25, 0.3) is 5.91 Å². The monoisotopic (exact) mass is 256 g/mol. The summed E-state index contributed by atoms with van der Waals surface area (Å²) >= 11 is 0. The van der Waals surface area contributed by atoms with E-state index in [9.17, 15) is 14.7 Å². The molecule has 0 aromatic heterocycles. The second kappa shape index (κ2) is 5.67. The van der Waals surface area contributed by atoms with Gasteiger partial charge in [0.15, 0.2) is 6.10 Å². The molecule has 2 amide bonds. The Morgan fingerprint density at radius 3 is 2.61 bits per heavy atom. The van der Waals surface area contributed by atoms with Crippen LogP contribution in [0.15, 0.2) is 0 Å². The van der Waals surface area contributed by atoms with E-state index in [0.717, 1.165) is 25.9 Å². The summed E-state index contributed by atoms with van der Waals surface area (Å²) in [5.41, 5.74) is 0. The van der Waals surface area contributed by atoms with Crippen LogP contribution in [0.1, 0.15) is 19.3 Å². The molecule has 2 aliphatic heterocycles. The smallest absolute Gasteiger partial charge is 0.254 e. The minimum Gasteiger partial charge on any atom is -0.390 e. The molecule has 2 heterocycles. The number of rotatable bonds is 3. The zero-order chi connectivity index (χ0) is 13.1. The van der Waals surface area contributed by atoms with Crippen LogP contribution in [-0.2, 0) is 14.3 Å². The lowest BCUT2D eigenvalue weighted by Crippen LogP contribution is -2.46. The number of carbonyl (C=O) groups is 2. The number of aliphatic hydroxyl groups is 1. The van der Waals surface area contributed by atoms with Crippen molar-refractivity contribution in [1.29, 1.82) is 0 Å². The van der Waals surface area contributed by atoms with E-state index in [1.54, 1.807) is 11.9 Å². The first-order valence-electron chi connectivity index (χ1n) is 6.42. The van der Waals surface area contributed by atoms with Gasteiger partial charge in [-0.1, -0.05) is 0 Å². The maximum atomic E-state index is 12.0. The third kappa shape index (κ3) is 2.81. The topological polar surface area (TPSA) is 70.1 Å². The van der Waals surface area contributed by atoms with Gasteiger partial charge in [0.2, 0.25) is 5.91 Å². The summed E-state index contributed by atoms with van der Waals surface area (Å²) in [6, 6.07) is 0. The summed E-state index contributed by atoms with van der Waals surface area (Å²) in [7, 11) is 1.57. The number of likely N-dealkylation sites (N-methyl/N-ethyl adjacent to an activating group) is 1. The molecule has 2 atom stereocenters. The van der Waals surface area contributed by atoms with Gasteiger partial charge in [-0.3, -0.25) is 9.59 Å². The molecule has 1 N–H and O–H groups in total. The molecular formula is C12H20N2O4. The summed E-state index contributed by atoms with van der Waals surface area (Å²) in [6.07, 6.45) is 0.995. The van der Waals surface area contributed by atoms with Crippen LogP contribution < -0.4 is 0 Å². The van der Waals surface area contributed by atoms with Crippen molar-refractivity contribution in [1.82, 2.24) is 9.80 Å². The lowest BCUT2D eigenvalue weighted by atomic mass is 10.1. The van der Waals surface area contributed by atoms with Gasteiger partial charge in [-0.2, -0.15) is 0 Å². The van der Waals surface area contributed by atoms with Gasteiger partial charge in [-0.05, 0) is 19.3 Å². The molecule has 0 aromatic carbocycles. The molecule has 2 unspecified atom stereocenters. The summed E-state index contributed by atoms with van der Waals surface area (Å²) in [5, 5.41) is 9.59. The molecule has 6 heteroatoms. The predicted octanol–water partition coefficient (Wildman–Crippen LogP) is -0.783. The maximum Gasteiger partial charge on any atom is 0.254 e. The second-order valence-electron chi connectivity index (χ2n) is 4.93. The zero-order valence-corrected chi connectivity index (χ0v) is 10.7. The van der Waals surface area contributed by atoms with Crippen molar-refractivity contribution in [2.75, 3.05) is 33.3 Å². The fourth-order valence-electron chi connectivity index (χ4n) is 2.38. The Balaban J connectivity index is 1.84. The third-order valence-electron chi connectivity index (χ3n) is 3.51. The van der Waals surface area contributed by atoms with E-state index >= 15 is 0 Å². The summed E-state index contributed by atoms with van der Waals surface area (Å²) < 4.78 is 5.19. The Morgan fingerprint density at radius 1 is 1.39 bits per heavy atom. The summed E-state index contributed by atoms with van der Waals surface area (Å²) in [5.74, 6) is -0.344. The Kier molecular flexibility index (Phi) is 4.19. The van der Waals surface area contributed by atoms with E-state index in [4.69, 9.17) is 4.74 Å². The molecular weight excluding hydrogens is 236 g/mol. The summed E-state index contributed by atoms with van der Waals surface area (Å²) in [6.45, 7) is 2.02. The third-order valence-corrected chi connectivity index (χ3v) is 3.51. The highest BCUT2D eigenvalue weighted by Gasteiger charge is 2.35. The number of hydrogen-bond acceptors (Lipinski definition) is 4. The second-order valence-corrected chi connectivity index (χ2v) is 4.93. The average Bonchev–Trinajstić information content (AvgIpc) is 2.98. The number of amides is 2. The number of ether oxygens (including phenoxy) is 1. The van der Waals surface area contributed by atoms with Crippen LogP contribution in [0, 0.1) is 0 Å². The highest BCUT2D eigenvalue weighted by Crippen LogP contribution is 2.15. The van der Waals surface area contributed by atoms with Crippen LogP contribution >= 0.6 is 0 Å². The van der Waals surface area contributed by atoms with Crippen molar-refractivity contribution in [3.63, 3.8) is 0 Å². The molecule has 18 heavy (non-hydrogen) atoms. The van der Waals surface area contributed by atoms with Crippen molar-refractivity contribution in [3.8, 4) is 0 Å². The fraction of sp³-hybridized carbons (Fsp3) is 0.833. The largest absolute Gasteiger partial charge is 0.390 e. The molecule has 2 rings (SSSR count). The van der Waals surface area contributed by atoms with Crippen molar-refractivity contribution in [2.24, 2.45) is 0 Å². The Bertz CT molecular complexity index is 328. The van der Waals surface area contributed by atoms with Crippen LogP contribution in [0.5, 0.6) is 0 Å². The normalized spacial score (nSPS) is 27.6. The quantitative estimate of drug-likeness (QED) is 0.719. The summed E-state index contributed by atoms with van der Waals surface area (Å²) in [4.78, 5) is 27.0. The molecule has 2 aliphatic rings. The van der Waals surface area contributed by atoms with Crippen molar-refractivity contribution in [3.05, 3.63) is 0 Å². The van der Waals surface area contributed by atoms with Crippen LogP contribution in [0.25, 0.3) is 0 Å². The Morgan fingerprint density at radius 2 is 2.06 bits per heavy atom. The van der Waals surface area contributed by atoms with Crippen LogP contribution in [0.3, 0.4) is 0 Å². The van der Waals surface area contributed by atoms with Crippen LogP contribution in [0.4, 0.5) is 0 Å². The molecule has 2 saturated heterocycles. The van der Waals surface area contributed by atoms with Crippen molar-refractivity contribution >= 4 is 11.8 Å². The molecule has 2 fully saturated rings. The van der Waals surface area contributed by atoms with E-state index in [-0.39, 0.29) is 18.4 Å². The molecule has 0 aromatic rings. The first-order valence-corrected chi connectivity index (χ1v) is 6.42. The highest BCUT2D eigenvalue weighted by atomic mass is 16.5. The first-order chi connectivity index (χ1) is 8.59. The van der Waals surface area contributed by atoms with E-state index in [1.165, 1.54) is 4.90 Å². The van der Waals surface area contributed by atoms with Crippen molar-refractivity contribution in [2.45, 2.75) is 31.5 Å². The lowest BCUT2D eigenvalue weighted by Gasteiger charge is -2.24. The molecule has 0 spiro atoms. The van der Waals surface area contributed by atoms with Gasteiger partial charge in [0.05, 0.1) is 19.3 Å². The number of nitrogens with zero attached hydrogens (tertiary/aromatic N) is 2. The number of likely N-dealkylation sites (tertiary alicyclic amines) is 1. The van der Waals surface area contributed by atoms with Crippen LogP contribution in [-0.4, -0.2) is 72.2 Å². The van der Waals surface area contributed by atoms with Gasteiger partial charge in [-0.15, -0.1) is 0 Å². The highest BCUT2D eigenvalue weighted by molar-refractivity contribution is 5.87. The van der Waals surface area contributed by atoms with Crippen LogP contribution in [0.2, 0.25) is 0 Å². The minimum atomic E-state index is -0.804. The maximum absolute atomic E-state index is 12.0. The van der Waals surface area contributed by atoms with E-state index in [0.29, 0.717) is 13.0 Å². The molecule has 6 nitrogen and oxygen atoms in total. The molecule has 0 bridgehead atoms. The van der Waals surface area contributed by atoms with Gasteiger partial charge in [0, 0.05) is 20.1 Å². The van der Waals surface area contributed by atoms with Gasteiger partial charge >= 0.3 is 0 Å². The van der Waals surface area contributed by atoms with E-state index in [1.807, 2.05) is 0 Å². The average molecular weight is 256 g/mol. The van der Waals surface area contributed by atoms with E-state index < -0.39 is 12.2 Å².